The van der Waals surface area contributed by atoms with Crippen molar-refractivity contribution in [3.05, 3.63) is 52.5 Å². The van der Waals surface area contributed by atoms with Gasteiger partial charge in [0.2, 0.25) is 11.8 Å². The third-order valence-electron chi connectivity index (χ3n) is 4.28. The van der Waals surface area contributed by atoms with Crippen molar-refractivity contribution in [2.75, 3.05) is 13.6 Å². The highest BCUT2D eigenvalue weighted by Gasteiger charge is 2.35. The first-order valence-corrected chi connectivity index (χ1v) is 8.99. The Labute approximate surface area is 145 Å². The molecule has 126 valence electrons. The van der Waals surface area contributed by atoms with Gasteiger partial charge in [0.05, 0.1) is 6.42 Å². The second kappa shape index (κ2) is 7.57. The summed E-state index contributed by atoms with van der Waals surface area (Å²) in [4.78, 5) is 33.9. The lowest BCUT2D eigenvalue weighted by atomic mass is 10.1. The average Bonchev–Trinajstić information content (AvgIpc) is 3.26. The molecule has 2 amide bonds. The molecule has 5 nitrogen and oxygen atoms in total. The van der Waals surface area contributed by atoms with Gasteiger partial charge in [0.25, 0.3) is 0 Å². The molecule has 1 aliphatic rings. The van der Waals surface area contributed by atoms with E-state index in [9.17, 15) is 9.59 Å². The minimum atomic E-state index is -0.334. The van der Waals surface area contributed by atoms with E-state index in [1.54, 1.807) is 40.6 Å². The van der Waals surface area contributed by atoms with Crippen LogP contribution in [0.15, 0.2) is 42.0 Å². The van der Waals surface area contributed by atoms with E-state index in [0.717, 1.165) is 23.3 Å². The van der Waals surface area contributed by atoms with E-state index >= 15 is 0 Å². The van der Waals surface area contributed by atoms with Crippen molar-refractivity contribution in [3.63, 3.8) is 0 Å². The molecule has 0 aliphatic carbocycles. The number of nitrogens with zero attached hydrogens (tertiary/aromatic N) is 3. The Bertz CT molecular complexity index is 688. The number of hydrogen-bond acceptors (Lipinski definition) is 4. The van der Waals surface area contributed by atoms with E-state index in [0.29, 0.717) is 19.5 Å². The maximum atomic E-state index is 12.8. The van der Waals surface area contributed by atoms with Crippen molar-refractivity contribution in [1.29, 1.82) is 0 Å². The van der Waals surface area contributed by atoms with Crippen LogP contribution in [-0.4, -0.2) is 46.2 Å². The van der Waals surface area contributed by atoms with Crippen LogP contribution in [0.3, 0.4) is 0 Å². The molecule has 0 radical (unpaired) electrons. The zero-order valence-electron chi connectivity index (χ0n) is 13.7. The summed E-state index contributed by atoms with van der Waals surface area (Å²) in [6.07, 6.45) is 5.49. The number of carbonyl (C=O) groups excluding carboxylic acids is 2. The van der Waals surface area contributed by atoms with Crippen LogP contribution in [-0.2, 0) is 22.6 Å². The van der Waals surface area contributed by atoms with E-state index in [2.05, 4.69) is 4.98 Å². The molecule has 2 aromatic rings. The first-order valence-electron chi connectivity index (χ1n) is 8.11. The van der Waals surface area contributed by atoms with Crippen molar-refractivity contribution in [1.82, 2.24) is 14.8 Å². The van der Waals surface area contributed by atoms with E-state index in [-0.39, 0.29) is 17.9 Å². The van der Waals surface area contributed by atoms with Crippen LogP contribution < -0.4 is 0 Å². The van der Waals surface area contributed by atoms with Gasteiger partial charge in [-0.3, -0.25) is 14.6 Å². The molecule has 0 aromatic carbocycles. The molecular formula is C18H21N3O2S. The van der Waals surface area contributed by atoms with Crippen LogP contribution in [0.4, 0.5) is 0 Å². The molecule has 0 bridgehead atoms. The number of aromatic nitrogens is 1. The monoisotopic (exact) mass is 343 g/mol. The standard InChI is InChI=1S/C18H21N3O2S/c1-20(13-14-5-2-8-19-12-14)18(23)16-7-3-9-21(16)17(22)11-15-6-4-10-24-15/h2,4-6,8,10,12,16H,3,7,9,11,13H2,1H3. The Morgan fingerprint density at radius 3 is 2.96 bits per heavy atom. The Kier molecular flexibility index (Phi) is 5.25. The Morgan fingerprint density at radius 2 is 2.25 bits per heavy atom. The van der Waals surface area contributed by atoms with E-state index in [1.165, 1.54) is 0 Å². The molecule has 6 heteroatoms. The Balaban J connectivity index is 1.63. The summed E-state index contributed by atoms with van der Waals surface area (Å²) in [5.41, 5.74) is 0.989. The fraction of sp³-hybridized carbons (Fsp3) is 0.389. The molecule has 0 spiro atoms. The van der Waals surface area contributed by atoms with Gasteiger partial charge in [0.1, 0.15) is 6.04 Å². The van der Waals surface area contributed by atoms with Gasteiger partial charge in [0.15, 0.2) is 0 Å². The molecule has 24 heavy (non-hydrogen) atoms. The first kappa shape index (κ1) is 16.6. The van der Waals surface area contributed by atoms with E-state index in [1.807, 2.05) is 29.6 Å². The topological polar surface area (TPSA) is 53.5 Å². The van der Waals surface area contributed by atoms with Gasteiger partial charge < -0.3 is 9.80 Å². The summed E-state index contributed by atoms with van der Waals surface area (Å²) in [7, 11) is 1.79. The predicted molar refractivity (Wildman–Crippen MR) is 93.5 cm³/mol. The van der Waals surface area contributed by atoms with Crippen LogP contribution in [0, 0.1) is 0 Å². The van der Waals surface area contributed by atoms with Crippen molar-refractivity contribution in [2.24, 2.45) is 0 Å². The molecule has 1 atom stereocenters. The summed E-state index contributed by atoms with van der Waals surface area (Å²) >= 11 is 1.58. The highest BCUT2D eigenvalue weighted by molar-refractivity contribution is 7.10. The lowest BCUT2D eigenvalue weighted by Gasteiger charge is -2.28. The third-order valence-corrected chi connectivity index (χ3v) is 5.16. The lowest BCUT2D eigenvalue weighted by molar-refractivity contribution is -0.143. The number of likely N-dealkylation sites (tertiary alicyclic amines) is 1. The molecule has 0 saturated carbocycles. The maximum absolute atomic E-state index is 12.8. The van der Waals surface area contributed by atoms with Crippen LogP contribution in [0.2, 0.25) is 0 Å². The van der Waals surface area contributed by atoms with Gasteiger partial charge in [0, 0.05) is 37.4 Å². The average molecular weight is 343 g/mol. The number of thiophene rings is 1. The normalized spacial score (nSPS) is 17.0. The lowest BCUT2D eigenvalue weighted by Crippen LogP contribution is -2.46. The highest BCUT2D eigenvalue weighted by Crippen LogP contribution is 2.22. The SMILES string of the molecule is CN(Cc1cccnc1)C(=O)C1CCCN1C(=O)Cc1cccs1. The largest absolute Gasteiger partial charge is 0.340 e. The van der Waals surface area contributed by atoms with Gasteiger partial charge in [-0.1, -0.05) is 12.1 Å². The molecular weight excluding hydrogens is 322 g/mol. The molecule has 3 rings (SSSR count). The van der Waals surface area contributed by atoms with Gasteiger partial charge in [-0.05, 0) is 35.9 Å². The van der Waals surface area contributed by atoms with Crippen molar-refractivity contribution < 1.29 is 9.59 Å². The van der Waals surface area contributed by atoms with Crippen LogP contribution >= 0.6 is 11.3 Å². The van der Waals surface area contributed by atoms with Crippen molar-refractivity contribution >= 4 is 23.2 Å². The number of hydrogen-bond donors (Lipinski definition) is 0. The minimum Gasteiger partial charge on any atom is -0.340 e. The molecule has 3 heterocycles. The van der Waals surface area contributed by atoms with Gasteiger partial charge in [-0.2, -0.15) is 0 Å². The number of carbonyl (C=O) groups is 2. The van der Waals surface area contributed by atoms with Gasteiger partial charge in [-0.15, -0.1) is 11.3 Å². The van der Waals surface area contributed by atoms with E-state index in [4.69, 9.17) is 0 Å². The maximum Gasteiger partial charge on any atom is 0.245 e. The second-order valence-corrected chi connectivity index (χ2v) is 7.09. The summed E-state index contributed by atoms with van der Waals surface area (Å²) in [5, 5.41) is 1.97. The van der Waals surface area contributed by atoms with Crippen LogP contribution in [0.5, 0.6) is 0 Å². The minimum absolute atomic E-state index is 0.0101. The smallest absolute Gasteiger partial charge is 0.245 e. The van der Waals surface area contributed by atoms with Crippen LogP contribution in [0.1, 0.15) is 23.3 Å². The highest BCUT2D eigenvalue weighted by atomic mass is 32.1. The molecule has 1 saturated heterocycles. The second-order valence-electron chi connectivity index (χ2n) is 6.06. The summed E-state index contributed by atoms with van der Waals surface area (Å²) in [5.74, 6) is 0.0546. The van der Waals surface area contributed by atoms with E-state index < -0.39 is 0 Å². The molecule has 1 unspecified atom stereocenters. The molecule has 0 N–H and O–H groups in total. The van der Waals surface area contributed by atoms with Gasteiger partial charge >= 0.3 is 0 Å². The number of rotatable bonds is 5. The zero-order valence-corrected chi connectivity index (χ0v) is 14.5. The van der Waals surface area contributed by atoms with Crippen molar-refractivity contribution in [2.45, 2.75) is 31.8 Å². The molecule has 1 aliphatic heterocycles. The van der Waals surface area contributed by atoms with Gasteiger partial charge in [-0.25, -0.2) is 0 Å². The third kappa shape index (κ3) is 3.82. The Morgan fingerprint density at radius 1 is 1.38 bits per heavy atom. The number of amides is 2. The summed E-state index contributed by atoms with van der Waals surface area (Å²) < 4.78 is 0. The quantitative estimate of drug-likeness (QED) is 0.837. The summed E-state index contributed by atoms with van der Waals surface area (Å²) in [6.45, 7) is 1.18. The predicted octanol–water partition coefficient (Wildman–Crippen LogP) is 2.34. The number of pyridine rings is 1. The summed E-state index contributed by atoms with van der Waals surface area (Å²) in [6, 6.07) is 7.38. The zero-order chi connectivity index (χ0) is 16.9. The fourth-order valence-corrected chi connectivity index (χ4v) is 3.78. The Hall–Kier alpha value is -2.21. The molecule has 2 aromatic heterocycles. The fourth-order valence-electron chi connectivity index (χ4n) is 3.08. The van der Waals surface area contributed by atoms with Crippen LogP contribution in [0.25, 0.3) is 0 Å². The molecule has 1 fully saturated rings. The number of likely N-dealkylation sites (N-methyl/N-ethyl adjacent to an activating group) is 1. The first-order chi connectivity index (χ1) is 11.6. The van der Waals surface area contributed by atoms with Crippen molar-refractivity contribution in [3.8, 4) is 0 Å².